The average molecular weight is 623 g/mol. The second-order valence-electron chi connectivity index (χ2n) is 11.8. The van der Waals surface area contributed by atoms with Crippen molar-refractivity contribution in [3.05, 3.63) is 59.9 Å². The normalized spacial score (nSPS) is 17.2. The van der Waals surface area contributed by atoms with Gasteiger partial charge in [0.05, 0.1) is 50.7 Å². The summed E-state index contributed by atoms with van der Waals surface area (Å²) in [5.74, 6) is 1.41. The van der Waals surface area contributed by atoms with Gasteiger partial charge in [-0.05, 0) is 38.5 Å². The van der Waals surface area contributed by atoms with E-state index in [0.29, 0.717) is 59.5 Å². The fraction of sp³-hybridized carbons (Fsp3) is 0.419. The van der Waals surface area contributed by atoms with E-state index < -0.39 is 17.6 Å². The minimum atomic E-state index is -1.14. The summed E-state index contributed by atoms with van der Waals surface area (Å²) < 4.78 is 49.4. The fourth-order valence-corrected chi connectivity index (χ4v) is 5.71. The molecule has 0 amide bonds. The lowest BCUT2D eigenvalue weighted by molar-refractivity contribution is 0.0577. The fourth-order valence-electron chi connectivity index (χ4n) is 5.71. The maximum Gasteiger partial charge on any atom is 0.226 e. The maximum absolute atomic E-state index is 15.2. The molecule has 238 valence electrons. The minimum Gasteiger partial charge on any atom is -0.497 e. The third kappa shape index (κ3) is 6.27. The van der Waals surface area contributed by atoms with Crippen LogP contribution >= 0.6 is 0 Å². The van der Waals surface area contributed by atoms with E-state index in [1.807, 2.05) is 17.0 Å². The molecule has 4 heterocycles. The van der Waals surface area contributed by atoms with Crippen molar-refractivity contribution in [3.63, 3.8) is 0 Å². The number of aliphatic hydroxyl groups is 1. The van der Waals surface area contributed by atoms with Crippen LogP contribution < -0.4 is 24.4 Å². The van der Waals surface area contributed by atoms with E-state index >= 15 is 4.39 Å². The summed E-state index contributed by atoms with van der Waals surface area (Å²) in [5, 5.41) is 23.1. The van der Waals surface area contributed by atoms with Crippen molar-refractivity contribution in [1.82, 2.24) is 29.4 Å². The molecule has 1 aliphatic rings. The largest absolute Gasteiger partial charge is 0.497 e. The maximum atomic E-state index is 15.2. The van der Waals surface area contributed by atoms with Crippen molar-refractivity contribution in [2.24, 2.45) is 0 Å². The molecule has 2 N–H and O–H groups in total. The topological polar surface area (TPSA) is 124 Å². The van der Waals surface area contributed by atoms with Crippen LogP contribution in [0.4, 0.5) is 20.4 Å². The Balaban J connectivity index is 1.37. The summed E-state index contributed by atoms with van der Waals surface area (Å²) in [7, 11) is 4.62. The zero-order chi connectivity index (χ0) is 31.9. The van der Waals surface area contributed by atoms with Gasteiger partial charge in [0.1, 0.15) is 34.8 Å². The Bertz CT molecular complexity index is 1840. The highest BCUT2D eigenvalue weighted by Gasteiger charge is 2.32. The summed E-state index contributed by atoms with van der Waals surface area (Å²) in [6.45, 7) is 4.67. The number of aromatic nitrogens is 6. The number of fused-ring (bicyclic) bond motifs is 3. The Morgan fingerprint density at radius 3 is 2.58 bits per heavy atom. The number of nitrogens with zero attached hydrogens (tertiary/aromatic N) is 7. The Morgan fingerprint density at radius 1 is 1.04 bits per heavy atom. The number of halogens is 2. The van der Waals surface area contributed by atoms with Gasteiger partial charge in [0.25, 0.3) is 0 Å². The Kier molecular flexibility index (Phi) is 8.08. The first-order valence-corrected chi connectivity index (χ1v) is 14.6. The first-order chi connectivity index (χ1) is 21.5. The number of piperidine rings is 1. The van der Waals surface area contributed by atoms with E-state index in [4.69, 9.17) is 29.3 Å². The predicted octanol–water partition coefficient (Wildman–Crippen LogP) is 4.35. The molecule has 2 atom stereocenters. The molecule has 0 radical (unpaired) electrons. The average Bonchev–Trinajstić information content (AvgIpc) is 3.66. The lowest BCUT2D eigenvalue weighted by Gasteiger charge is -2.34. The molecule has 3 aromatic heterocycles. The third-order valence-corrected chi connectivity index (χ3v) is 7.77. The van der Waals surface area contributed by atoms with Crippen molar-refractivity contribution in [3.8, 4) is 17.2 Å². The summed E-state index contributed by atoms with van der Waals surface area (Å²) in [6.07, 6.45) is 2.55. The molecule has 0 unspecified atom stereocenters. The van der Waals surface area contributed by atoms with E-state index in [0.717, 1.165) is 11.3 Å². The molecule has 0 saturated carbocycles. The van der Waals surface area contributed by atoms with Crippen molar-refractivity contribution < 1.29 is 28.1 Å². The molecule has 6 rings (SSSR count). The smallest absolute Gasteiger partial charge is 0.226 e. The number of anilines is 2. The SMILES string of the molecule is COc1ccc(CNc2nc3c(OC)cc(F)cc3c3nc([C@@H]4C[C@H](F)CN(c5cnn(CC(C)(C)O)c5)C4)nn23)c(OC)c1. The molecule has 0 spiro atoms. The standard InChI is InChI=1S/C31H36F2N8O4/c1-31(2,42)17-40-16-22(13-35-40)39-14-19(8-21(33)15-39)28-37-29-24-9-20(32)10-26(45-5)27(24)36-30(41(29)38-28)34-12-18-6-7-23(43-3)11-25(18)44-4/h6-7,9-11,13,16,19,21,42H,8,12,14-15,17H2,1-5H3,(H,34,36)/t19-,21+/m1/s1. The van der Waals surface area contributed by atoms with Crippen LogP contribution in [0.5, 0.6) is 17.2 Å². The quantitative estimate of drug-likeness (QED) is 0.232. The third-order valence-electron chi connectivity index (χ3n) is 7.77. The number of ether oxygens (including phenoxy) is 3. The number of hydrogen-bond acceptors (Lipinski definition) is 10. The van der Waals surface area contributed by atoms with Gasteiger partial charge in [-0.2, -0.15) is 9.61 Å². The van der Waals surface area contributed by atoms with Gasteiger partial charge >= 0.3 is 0 Å². The van der Waals surface area contributed by atoms with Gasteiger partial charge in [-0.3, -0.25) is 4.68 Å². The van der Waals surface area contributed by atoms with Crippen LogP contribution in [0.1, 0.15) is 37.6 Å². The molecule has 1 fully saturated rings. The predicted molar refractivity (Wildman–Crippen MR) is 165 cm³/mol. The Hall–Kier alpha value is -4.72. The molecule has 12 nitrogen and oxygen atoms in total. The highest BCUT2D eigenvalue weighted by atomic mass is 19.1. The zero-order valence-corrected chi connectivity index (χ0v) is 25.8. The molecule has 0 aliphatic carbocycles. The number of alkyl halides is 1. The van der Waals surface area contributed by atoms with E-state index in [1.165, 1.54) is 23.8 Å². The molecule has 14 heteroatoms. The molecule has 0 bridgehead atoms. The second-order valence-corrected chi connectivity index (χ2v) is 11.8. The minimum absolute atomic E-state index is 0.196. The molecule has 5 aromatic rings. The van der Waals surface area contributed by atoms with Crippen LogP contribution in [0.3, 0.4) is 0 Å². The summed E-state index contributed by atoms with van der Waals surface area (Å²) >= 11 is 0. The monoisotopic (exact) mass is 622 g/mol. The summed E-state index contributed by atoms with van der Waals surface area (Å²) in [6, 6.07) is 8.12. The zero-order valence-electron chi connectivity index (χ0n) is 25.8. The lowest BCUT2D eigenvalue weighted by Crippen LogP contribution is -2.41. The van der Waals surface area contributed by atoms with Crippen LogP contribution in [0.2, 0.25) is 0 Å². The van der Waals surface area contributed by atoms with Gasteiger partial charge in [0.15, 0.2) is 11.5 Å². The van der Waals surface area contributed by atoms with Crippen molar-refractivity contribution in [1.29, 1.82) is 0 Å². The van der Waals surface area contributed by atoms with Gasteiger partial charge in [-0.25, -0.2) is 18.7 Å². The van der Waals surface area contributed by atoms with E-state index in [1.54, 1.807) is 51.2 Å². The molecular weight excluding hydrogens is 586 g/mol. The van der Waals surface area contributed by atoms with E-state index in [-0.39, 0.29) is 24.6 Å². The summed E-state index contributed by atoms with van der Waals surface area (Å²) in [4.78, 5) is 11.5. The highest BCUT2D eigenvalue weighted by molar-refractivity contribution is 5.96. The summed E-state index contributed by atoms with van der Waals surface area (Å²) in [5.41, 5.74) is 1.41. The highest BCUT2D eigenvalue weighted by Crippen LogP contribution is 2.34. The Labute approximate surface area is 258 Å². The van der Waals surface area contributed by atoms with Gasteiger partial charge in [-0.15, -0.1) is 5.10 Å². The Morgan fingerprint density at radius 2 is 1.84 bits per heavy atom. The number of rotatable bonds is 10. The van der Waals surface area contributed by atoms with Crippen LogP contribution in [0.25, 0.3) is 16.6 Å². The molecule has 2 aromatic carbocycles. The van der Waals surface area contributed by atoms with Crippen LogP contribution in [0, 0.1) is 5.82 Å². The van der Waals surface area contributed by atoms with Crippen LogP contribution in [-0.2, 0) is 13.1 Å². The lowest BCUT2D eigenvalue weighted by atomic mass is 9.96. The van der Waals surface area contributed by atoms with Crippen LogP contribution in [-0.4, -0.2) is 80.7 Å². The van der Waals surface area contributed by atoms with Crippen molar-refractivity contribution in [2.75, 3.05) is 44.6 Å². The molecule has 45 heavy (non-hydrogen) atoms. The first kappa shape index (κ1) is 30.3. The number of hydrogen-bond donors (Lipinski definition) is 2. The molecule has 1 aliphatic heterocycles. The van der Waals surface area contributed by atoms with Gasteiger partial charge in [0.2, 0.25) is 5.95 Å². The van der Waals surface area contributed by atoms with Gasteiger partial charge < -0.3 is 29.5 Å². The first-order valence-electron chi connectivity index (χ1n) is 14.6. The molecular formula is C31H36F2N8O4. The van der Waals surface area contributed by atoms with E-state index in [9.17, 15) is 9.50 Å². The number of methoxy groups -OCH3 is 3. The number of benzene rings is 2. The van der Waals surface area contributed by atoms with E-state index in [2.05, 4.69) is 10.4 Å². The second kappa shape index (κ2) is 12.0. The van der Waals surface area contributed by atoms with Gasteiger partial charge in [0, 0.05) is 49.4 Å². The van der Waals surface area contributed by atoms with Gasteiger partial charge in [-0.1, -0.05) is 0 Å². The van der Waals surface area contributed by atoms with Crippen LogP contribution in [0.15, 0.2) is 42.7 Å². The number of nitrogens with one attached hydrogen (secondary N) is 1. The van der Waals surface area contributed by atoms with Crippen molar-refractivity contribution >= 4 is 28.2 Å². The molecule has 1 saturated heterocycles. The van der Waals surface area contributed by atoms with Crippen molar-refractivity contribution in [2.45, 2.75) is 51.0 Å².